The van der Waals surface area contributed by atoms with E-state index >= 15 is 0 Å². The molecule has 0 amide bonds. The Hall–Kier alpha value is -2.94. The number of hydrogen-bond acceptors (Lipinski definition) is 5. The van der Waals surface area contributed by atoms with Crippen LogP contribution in [0.4, 0.5) is 10.3 Å². The molecule has 142 valence electrons. The van der Waals surface area contributed by atoms with Gasteiger partial charge in [-0.25, -0.2) is 9.18 Å². The molecule has 1 aliphatic heterocycles. The SMILES string of the molecule is Cn1c(=O)c2c(nc(N3CCOCC3)n2Cc2cccc(F)c2)n(C)c1=O. The number of nitrogens with zero attached hydrogens (tertiary/aromatic N) is 5. The molecule has 4 rings (SSSR count). The van der Waals surface area contributed by atoms with Crippen LogP contribution in [0, 0.1) is 5.82 Å². The van der Waals surface area contributed by atoms with Crippen molar-refractivity contribution in [2.45, 2.75) is 6.54 Å². The maximum Gasteiger partial charge on any atom is 0.332 e. The molecule has 0 spiro atoms. The molecule has 0 saturated carbocycles. The van der Waals surface area contributed by atoms with Gasteiger partial charge in [0.05, 0.1) is 19.8 Å². The molecule has 1 aromatic carbocycles. The summed E-state index contributed by atoms with van der Waals surface area (Å²) in [5.74, 6) is 0.237. The number of morpholine rings is 1. The number of anilines is 1. The van der Waals surface area contributed by atoms with Gasteiger partial charge < -0.3 is 9.64 Å². The van der Waals surface area contributed by atoms with Crippen molar-refractivity contribution in [3.8, 4) is 0 Å². The largest absolute Gasteiger partial charge is 0.378 e. The van der Waals surface area contributed by atoms with Gasteiger partial charge in [0.25, 0.3) is 5.56 Å². The van der Waals surface area contributed by atoms with Gasteiger partial charge in [-0.05, 0) is 17.7 Å². The molecule has 3 heterocycles. The van der Waals surface area contributed by atoms with Gasteiger partial charge in [-0.2, -0.15) is 4.98 Å². The topological polar surface area (TPSA) is 74.3 Å². The van der Waals surface area contributed by atoms with E-state index in [9.17, 15) is 14.0 Å². The van der Waals surface area contributed by atoms with Crippen LogP contribution in [0.25, 0.3) is 11.2 Å². The fourth-order valence-corrected chi connectivity index (χ4v) is 3.41. The number of ether oxygens (including phenoxy) is 1. The summed E-state index contributed by atoms with van der Waals surface area (Å²) in [6.07, 6.45) is 0. The fraction of sp³-hybridized carbons (Fsp3) is 0.389. The van der Waals surface area contributed by atoms with Crippen LogP contribution in [-0.4, -0.2) is 45.0 Å². The van der Waals surface area contributed by atoms with Crippen LogP contribution in [0.2, 0.25) is 0 Å². The quantitative estimate of drug-likeness (QED) is 0.667. The van der Waals surface area contributed by atoms with Crippen LogP contribution < -0.4 is 16.1 Å². The summed E-state index contributed by atoms with van der Waals surface area (Å²) in [4.78, 5) is 31.8. The minimum Gasteiger partial charge on any atom is -0.378 e. The van der Waals surface area contributed by atoms with Gasteiger partial charge >= 0.3 is 5.69 Å². The van der Waals surface area contributed by atoms with Gasteiger partial charge in [0.1, 0.15) is 5.82 Å². The van der Waals surface area contributed by atoms with Crippen molar-refractivity contribution in [2.24, 2.45) is 14.1 Å². The highest BCUT2D eigenvalue weighted by Gasteiger charge is 2.24. The number of rotatable bonds is 3. The van der Waals surface area contributed by atoms with Crippen molar-refractivity contribution in [3.63, 3.8) is 0 Å². The Labute approximate surface area is 154 Å². The molecule has 0 unspecified atom stereocenters. The smallest absolute Gasteiger partial charge is 0.332 e. The second kappa shape index (κ2) is 6.66. The zero-order valence-corrected chi connectivity index (χ0v) is 15.2. The number of fused-ring (bicyclic) bond motifs is 1. The third kappa shape index (κ3) is 2.93. The zero-order chi connectivity index (χ0) is 19.1. The minimum atomic E-state index is -0.434. The van der Waals surface area contributed by atoms with Crippen LogP contribution in [-0.2, 0) is 25.4 Å². The lowest BCUT2D eigenvalue weighted by molar-refractivity contribution is 0.121. The maximum atomic E-state index is 13.7. The van der Waals surface area contributed by atoms with Gasteiger partial charge in [0, 0.05) is 27.2 Å². The van der Waals surface area contributed by atoms with Crippen LogP contribution in [0.1, 0.15) is 5.56 Å². The maximum absolute atomic E-state index is 13.7. The van der Waals surface area contributed by atoms with E-state index in [1.54, 1.807) is 23.7 Å². The normalized spacial score (nSPS) is 14.9. The van der Waals surface area contributed by atoms with E-state index in [0.29, 0.717) is 49.0 Å². The van der Waals surface area contributed by atoms with Crippen LogP contribution >= 0.6 is 0 Å². The first-order valence-corrected chi connectivity index (χ1v) is 8.71. The second-order valence-electron chi connectivity index (χ2n) is 6.61. The third-order valence-electron chi connectivity index (χ3n) is 4.85. The first-order chi connectivity index (χ1) is 13.0. The van der Waals surface area contributed by atoms with Crippen LogP contribution in [0.5, 0.6) is 0 Å². The van der Waals surface area contributed by atoms with Gasteiger partial charge in [-0.1, -0.05) is 12.1 Å². The summed E-state index contributed by atoms with van der Waals surface area (Å²) in [5.41, 5.74) is 0.499. The monoisotopic (exact) mass is 373 g/mol. The fourth-order valence-electron chi connectivity index (χ4n) is 3.41. The molecule has 8 nitrogen and oxygen atoms in total. The number of aromatic nitrogens is 4. The first-order valence-electron chi connectivity index (χ1n) is 8.71. The lowest BCUT2D eigenvalue weighted by Gasteiger charge is -2.28. The van der Waals surface area contributed by atoms with E-state index in [0.717, 1.165) is 4.57 Å². The molecule has 0 bridgehead atoms. The number of halogens is 1. The highest BCUT2D eigenvalue weighted by atomic mass is 19.1. The van der Waals surface area contributed by atoms with Gasteiger partial charge in [0.15, 0.2) is 11.2 Å². The minimum absolute atomic E-state index is 0.272. The van der Waals surface area contributed by atoms with Crippen molar-refractivity contribution in [3.05, 3.63) is 56.5 Å². The molecule has 0 N–H and O–H groups in total. The summed E-state index contributed by atoms with van der Waals surface area (Å²) >= 11 is 0. The van der Waals surface area contributed by atoms with Gasteiger partial charge in [-0.3, -0.25) is 18.5 Å². The summed E-state index contributed by atoms with van der Waals surface area (Å²) in [5, 5.41) is 0. The van der Waals surface area contributed by atoms with Crippen LogP contribution in [0.15, 0.2) is 33.9 Å². The molecular weight excluding hydrogens is 353 g/mol. The molecule has 0 radical (unpaired) electrons. The molecular formula is C18H20FN5O3. The number of aryl methyl sites for hydroxylation is 1. The van der Waals surface area contributed by atoms with E-state index in [4.69, 9.17) is 4.74 Å². The molecule has 1 saturated heterocycles. The molecule has 0 atom stereocenters. The average molecular weight is 373 g/mol. The predicted octanol–water partition coefficient (Wildman–Crippen LogP) is 0.458. The number of benzene rings is 1. The Morgan fingerprint density at radius 3 is 2.59 bits per heavy atom. The van der Waals surface area contributed by atoms with Crippen molar-refractivity contribution >= 4 is 17.1 Å². The lowest BCUT2D eigenvalue weighted by Crippen LogP contribution is -2.38. The average Bonchev–Trinajstić information content (AvgIpc) is 3.05. The highest BCUT2D eigenvalue weighted by molar-refractivity contribution is 5.74. The molecule has 9 heteroatoms. The Kier molecular flexibility index (Phi) is 4.31. The van der Waals surface area contributed by atoms with E-state index in [-0.39, 0.29) is 12.4 Å². The second-order valence-corrected chi connectivity index (χ2v) is 6.61. The zero-order valence-electron chi connectivity index (χ0n) is 15.2. The summed E-state index contributed by atoms with van der Waals surface area (Å²) < 4.78 is 23.3. The van der Waals surface area contributed by atoms with Crippen molar-refractivity contribution in [1.29, 1.82) is 0 Å². The summed E-state index contributed by atoms with van der Waals surface area (Å²) in [6.45, 7) is 2.64. The molecule has 0 aliphatic carbocycles. The van der Waals surface area contributed by atoms with Crippen LogP contribution in [0.3, 0.4) is 0 Å². The standard InChI is InChI=1S/C18H20FN5O3/c1-21-15-14(16(25)22(2)18(21)26)24(11-12-4-3-5-13(19)10-12)17(20-15)23-6-8-27-9-7-23/h3-5,10H,6-9,11H2,1-2H3. The third-order valence-corrected chi connectivity index (χ3v) is 4.85. The van der Waals surface area contributed by atoms with E-state index < -0.39 is 11.2 Å². The summed E-state index contributed by atoms with van der Waals surface area (Å²) in [7, 11) is 3.03. The van der Waals surface area contributed by atoms with E-state index in [1.165, 1.54) is 23.7 Å². The Morgan fingerprint density at radius 1 is 1.15 bits per heavy atom. The molecule has 2 aromatic heterocycles. The van der Waals surface area contributed by atoms with Gasteiger partial charge in [0.2, 0.25) is 5.95 Å². The van der Waals surface area contributed by atoms with E-state index in [1.807, 2.05) is 4.90 Å². The molecule has 27 heavy (non-hydrogen) atoms. The van der Waals surface area contributed by atoms with Crippen molar-refractivity contribution in [2.75, 3.05) is 31.2 Å². The predicted molar refractivity (Wildman–Crippen MR) is 98.7 cm³/mol. The Bertz CT molecular complexity index is 1120. The van der Waals surface area contributed by atoms with Crippen molar-refractivity contribution in [1.82, 2.24) is 18.7 Å². The Morgan fingerprint density at radius 2 is 1.89 bits per heavy atom. The first kappa shape index (κ1) is 17.5. The lowest BCUT2D eigenvalue weighted by atomic mass is 10.2. The van der Waals surface area contributed by atoms with E-state index in [2.05, 4.69) is 4.98 Å². The molecule has 3 aromatic rings. The molecule has 1 fully saturated rings. The van der Waals surface area contributed by atoms with Gasteiger partial charge in [-0.15, -0.1) is 0 Å². The Balaban J connectivity index is 1.97. The van der Waals surface area contributed by atoms with Crippen molar-refractivity contribution < 1.29 is 9.13 Å². The number of imidazole rings is 1. The molecule has 1 aliphatic rings. The number of hydrogen-bond donors (Lipinski definition) is 0. The summed E-state index contributed by atoms with van der Waals surface area (Å²) in [6, 6.07) is 6.24. The highest BCUT2D eigenvalue weighted by Crippen LogP contribution is 2.22.